The van der Waals surface area contributed by atoms with Gasteiger partial charge in [0.1, 0.15) is 0 Å². The Hall–Kier alpha value is -2.05. The van der Waals surface area contributed by atoms with Crippen molar-refractivity contribution in [2.45, 2.75) is 45.7 Å². The van der Waals surface area contributed by atoms with Crippen LogP contribution in [0.5, 0.6) is 0 Å². The maximum atomic E-state index is 13.2. The van der Waals surface area contributed by atoms with E-state index >= 15 is 0 Å². The van der Waals surface area contributed by atoms with Crippen LogP contribution in [-0.4, -0.2) is 41.1 Å². The van der Waals surface area contributed by atoms with Crippen LogP contribution in [-0.2, 0) is 22.4 Å². The molecule has 144 valence electrons. The maximum absolute atomic E-state index is 13.2. The van der Waals surface area contributed by atoms with Gasteiger partial charge in [0.25, 0.3) is 0 Å². The molecular formula is C19H24F3NO3. The molecule has 1 aliphatic heterocycles. The fourth-order valence-electron chi connectivity index (χ4n) is 3.27. The molecule has 0 saturated carbocycles. The highest BCUT2D eigenvalue weighted by Gasteiger charge is 2.64. The second-order valence-corrected chi connectivity index (χ2v) is 7.36. The van der Waals surface area contributed by atoms with E-state index in [-0.39, 0.29) is 13.0 Å². The average Bonchev–Trinajstić information content (AvgIpc) is 3.00. The minimum Gasteiger partial charge on any atom is -0.481 e. The molecule has 7 heteroatoms. The van der Waals surface area contributed by atoms with Crippen molar-refractivity contribution in [3.8, 4) is 0 Å². The Morgan fingerprint density at radius 2 is 1.77 bits per heavy atom. The van der Waals surface area contributed by atoms with E-state index in [1.165, 1.54) is 5.56 Å². The van der Waals surface area contributed by atoms with Crippen molar-refractivity contribution < 1.29 is 27.9 Å². The fourth-order valence-corrected chi connectivity index (χ4v) is 3.27. The first-order chi connectivity index (χ1) is 12.0. The number of aryl methyl sites for hydroxylation is 1. The number of likely N-dealkylation sites (tertiary alicyclic amines) is 1. The molecule has 1 aliphatic rings. The summed E-state index contributed by atoms with van der Waals surface area (Å²) in [4.78, 5) is 24.4. The number of alkyl halides is 3. The molecule has 0 aliphatic carbocycles. The van der Waals surface area contributed by atoms with E-state index in [0.29, 0.717) is 12.3 Å². The van der Waals surface area contributed by atoms with Crippen molar-refractivity contribution >= 4 is 11.9 Å². The Morgan fingerprint density at radius 3 is 2.23 bits per heavy atom. The van der Waals surface area contributed by atoms with E-state index in [1.807, 2.05) is 24.3 Å². The van der Waals surface area contributed by atoms with Crippen LogP contribution < -0.4 is 0 Å². The van der Waals surface area contributed by atoms with E-state index in [4.69, 9.17) is 5.11 Å². The molecule has 0 spiro atoms. The van der Waals surface area contributed by atoms with Gasteiger partial charge in [0.05, 0.1) is 0 Å². The van der Waals surface area contributed by atoms with Gasteiger partial charge in [-0.3, -0.25) is 9.59 Å². The largest absolute Gasteiger partial charge is 0.481 e. The van der Waals surface area contributed by atoms with Gasteiger partial charge in [0.15, 0.2) is 5.41 Å². The zero-order valence-electron chi connectivity index (χ0n) is 15.0. The number of carbonyl (C=O) groups excluding carboxylic acids is 1. The lowest BCUT2D eigenvalue weighted by atomic mass is 9.86. The van der Waals surface area contributed by atoms with Gasteiger partial charge >= 0.3 is 12.1 Å². The number of halogens is 3. The van der Waals surface area contributed by atoms with Gasteiger partial charge in [0, 0.05) is 19.5 Å². The van der Waals surface area contributed by atoms with Crippen LogP contribution in [0.2, 0.25) is 0 Å². The van der Waals surface area contributed by atoms with Gasteiger partial charge in [-0.25, -0.2) is 0 Å². The lowest BCUT2D eigenvalue weighted by Gasteiger charge is -2.27. The summed E-state index contributed by atoms with van der Waals surface area (Å²) in [5.74, 6) is -1.81. The summed E-state index contributed by atoms with van der Waals surface area (Å²) in [5, 5.41) is 9.04. The van der Waals surface area contributed by atoms with Gasteiger partial charge in [-0.1, -0.05) is 38.1 Å². The first kappa shape index (κ1) is 20.3. The number of nitrogens with zero attached hydrogens (tertiary/aromatic N) is 1. The average molecular weight is 371 g/mol. The van der Waals surface area contributed by atoms with Crippen LogP contribution in [0, 0.1) is 11.3 Å². The molecule has 4 nitrogen and oxygen atoms in total. The minimum absolute atomic E-state index is 0.0666. The van der Waals surface area contributed by atoms with Crippen molar-refractivity contribution in [1.29, 1.82) is 0 Å². The Bertz CT molecular complexity index is 655. The number of hydrogen-bond donors (Lipinski definition) is 1. The highest BCUT2D eigenvalue weighted by molar-refractivity contribution is 5.81. The standard InChI is InChI=1S/C19H24F3NO3/c1-13(2)11-15-5-3-14(4-6-15)7-8-16(24)23-10-9-18(12-23,17(25)26)19(20,21)22/h3-6,13H,7-12H2,1-2H3,(H,25,26). The van der Waals surface area contributed by atoms with Crippen molar-refractivity contribution in [3.63, 3.8) is 0 Å². The Morgan fingerprint density at radius 1 is 1.19 bits per heavy atom. The molecule has 1 fully saturated rings. The van der Waals surface area contributed by atoms with Gasteiger partial charge < -0.3 is 10.0 Å². The van der Waals surface area contributed by atoms with Gasteiger partial charge in [-0.05, 0) is 36.3 Å². The molecule has 0 bridgehead atoms. The van der Waals surface area contributed by atoms with Gasteiger partial charge in [0.2, 0.25) is 5.91 Å². The Balaban J connectivity index is 1.94. The Kier molecular flexibility index (Phi) is 5.98. The van der Waals surface area contributed by atoms with Crippen molar-refractivity contribution in [3.05, 3.63) is 35.4 Å². The number of carboxylic acid groups (broad SMARTS) is 1. The maximum Gasteiger partial charge on any atom is 0.406 e. The molecule has 1 amide bonds. The molecule has 1 unspecified atom stereocenters. The fraction of sp³-hybridized carbons (Fsp3) is 0.579. The van der Waals surface area contributed by atoms with Crippen LogP contribution in [0.3, 0.4) is 0 Å². The molecule has 1 saturated heterocycles. The van der Waals surface area contributed by atoms with E-state index in [0.717, 1.165) is 16.9 Å². The van der Waals surface area contributed by atoms with Crippen molar-refractivity contribution in [2.24, 2.45) is 11.3 Å². The lowest BCUT2D eigenvalue weighted by Crippen LogP contribution is -2.47. The van der Waals surface area contributed by atoms with Crippen molar-refractivity contribution in [1.82, 2.24) is 4.90 Å². The minimum atomic E-state index is -4.87. The number of rotatable bonds is 6. The monoisotopic (exact) mass is 371 g/mol. The third kappa shape index (κ3) is 4.37. The topological polar surface area (TPSA) is 57.6 Å². The number of hydrogen-bond acceptors (Lipinski definition) is 2. The molecule has 1 heterocycles. The van der Waals surface area contributed by atoms with Gasteiger partial charge in [-0.15, -0.1) is 0 Å². The van der Waals surface area contributed by atoms with E-state index in [2.05, 4.69) is 13.8 Å². The summed E-state index contributed by atoms with van der Waals surface area (Å²) in [7, 11) is 0. The summed E-state index contributed by atoms with van der Waals surface area (Å²) in [6.07, 6.45) is -4.02. The van der Waals surface area contributed by atoms with Crippen LogP contribution >= 0.6 is 0 Å². The highest BCUT2D eigenvalue weighted by Crippen LogP contribution is 2.45. The quantitative estimate of drug-likeness (QED) is 0.830. The molecule has 1 aromatic carbocycles. The second-order valence-electron chi connectivity index (χ2n) is 7.36. The molecule has 1 aromatic rings. The van der Waals surface area contributed by atoms with E-state index < -0.39 is 36.4 Å². The van der Waals surface area contributed by atoms with Crippen LogP contribution in [0.1, 0.15) is 37.8 Å². The molecule has 1 atom stereocenters. The number of carbonyl (C=O) groups is 2. The first-order valence-electron chi connectivity index (χ1n) is 8.71. The van der Waals surface area contributed by atoms with E-state index in [9.17, 15) is 22.8 Å². The smallest absolute Gasteiger partial charge is 0.406 e. The zero-order chi connectivity index (χ0) is 19.5. The van der Waals surface area contributed by atoms with Gasteiger partial charge in [-0.2, -0.15) is 13.2 Å². The predicted octanol–water partition coefficient (Wildman–Crippen LogP) is 3.68. The second kappa shape index (κ2) is 7.68. The first-order valence-corrected chi connectivity index (χ1v) is 8.71. The molecule has 0 aromatic heterocycles. The third-order valence-corrected chi connectivity index (χ3v) is 4.87. The molecule has 2 rings (SSSR count). The molecule has 26 heavy (non-hydrogen) atoms. The molecule has 1 N–H and O–H groups in total. The summed E-state index contributed by atoms with van der Waals surface area (Å²) >= 11 is 0. The van der Waals surface area contributed by atoms with Crippen LogP contribution in [0.15, 0.2) is 24.3 Å². The lowest BCUT2D eigenvalue weighted by molar-refractivity contribution is -0.227. The summed E-state index contributed by atoms with van der Waals surface area (Å²) in [6, 6.07) is 7.84. The number of benzene rings is 1. The van der Waals surface area contributed by atoms with E-state index in [1.54, 1.807) is 0 Å². The Labute approximate surface area is 151 Å². The van der Waals surface area contributed by atoms with Crippen LogP contribution in [0.25, 0.3) is 0 Å². The zero-order valence-corrected chi connectivity index (χ0v) is 15.0. The SMILES string of the molecule is CC(C)Cc1ccc(CCC(=O)N2CCC(C(=O)O)(C(F)(F)F)C2)cc1. The summed E-state index contributed by atoms with van der Waals surface area (Å²) in [5.41, 5.74) is -0.711. The molecular weight excluding hydrogens is 347 g/mol. The predicted molar refractivity (Wildman–Crippen MR) is 90.6 cm³/mol. The van der Waals surface area contributed by atoms with Crippen LogP contribution in [0.4, 0.5) is 13.2 Å². The normalized spacial score (nSPS) is 20.6. The summed E-state index contributed by atoms with van der Waals surface area (Å²) < 4.78 is 39.5. The summed E-state index contributed by atoms with van der Waals surface area (Å²) in [6.45, 7) is 3.26. The number of aliphatic carboxylic acids is 1. The molecule has 0 radical (unpaired) electrons. The number of amides is 1. The number of carboxylic acids is 1. The van der Waals surface area contributed by atoms with Crippen molar-refractivity contribution in [2.75, 3.05) is 13.1 Å². The third-order valence-electron chi connectivity index (χ3n) is 4.87. The highest BCUT2D eigenvalue weighted by atomic mass is 19.4.